The monoisotopic (exact) mass is 272 g/mol. The molecule has 0 unspecified atom stereocenters. The minimum absolute atomic E-state index is 0.215. The predicted octanol–water partition coefficient (Wildman–Crippen LogP) is 1.95. The Balaban J connectivity index is 2.18. The predicted molar refractivity (Wildman–Crippen MR) is 71.6 cm³/mol. The second kappa shape index (κ2) is 8.91. The molecule has 0 aliphatic carbocycles. The second-order valence-electron chi connectivity index (χ2n) is 3.48. The summed E-state index contributed by atoms with van der Waals surface area (Å²) < 4.78 is 10.6. The van der Waals surface area contributed by atoms with Gasteiger partial charge in [-0.1, -0.05) is 6.07 Å². The Morgan fingerprint density at radius 2 is 2.06 bits per heavy atom. The van der Waals surface area contributed by atoms with Crippen LogP contribution in [0.25, 0.3) is 0 Å². The van der Waals surface area contributed by atoms with Crippen LogP contribution in [-0.4, -0.2) is 32.1 Å². The fourth-order valence-corrected chi connectivity index (χ4v) is 2.00. The molecular weight excluding hydrogens is 252 g/mol. The van der Waals surface area contributed by atoms with E-state index in [0.717, 1.165) is 4.88 Å². The minimum Gasteiger partial charge on any atom is -0.351 e. The van der Waals surface area contributed by atoms with Gasteiger partial charge in [0.15, 0.2) is 6.29 Å². The summed E-state index contributed by atoms with van der Waals surface area (Å²) in [5, 5.41) is 7.47. The Bertz CT molecular complexity index is 324. The van der Waals surface area contributed by atoms with Gasteiger partial charge in [-0.25, -0.2) is 4.79 Å². The van der Waals surface area contributed by atoms with Gasteiger partial charge in [0.1, 0.15) is 0 Å². The molecule has 1 heterocycles. The minimum atomic E-state index is -0.382. The van der Waals surface area contributed by atoms with Gasteiger partial charge in [0, 0.05) is 18.1 Å². The van der Waals surface area contributed by atoms with Crippen LogP contribution >= 0.6 is 11.3 Å². The maximum absolute atomic E-state index is 11.5. The van der Waals surface area contributed by atoms with Crippen LogP contribution in [0.4, 0.5) is 4.79 Å². The summed E-state index contributed by atoms with van der Waals surface area (Å²) in [6, 6.07) is 3.72. The quantitative estimate of drug-likeness (QED) is 0.711. The molecular formula is C12H20N2O3S. The number of nitrogens with one attached hydrogen (secondary N) is 2. The first-order valence-electron chi connectivity index (χ1n) is 6.03. The zero-order valence-corrected chi connectivity index (χ0v) is 11.6. The van der Waals surface area contributed by atoms with Crippen molar-refractivity contribution < 1.29 is 14.3 Å². The Morgan fingerprint density at radius 3 is 2.61 bits per heavy atom. The van der Waals surface area contributed by atoms with Crippen molar-refractivity contribution in [2.24, 2.45) is 0 Å². The molecule has 1 rings (SSSR count). The van der Waals surface area contributed by atoms with Gasteiger partial charge in [0.25, 0.3) is 0 Å². The second-order valence-corrected chi connectivity index (χ2v) is 4.52. The van der Waals surface area contributed by atoms with Crippen LogP contribution in [0.3, 0.4) is 0 Å². The molecule has 0 radical (unpaired) electrons. The van der Waals surface area contributed by atoms with Crippen molar-refractivity contribution in [3.8, 4) is 0 Å². The lowest BCUT2D eigenvalue weighted by molar-refractivity contribution is -0.131. The maximum atomic E-state index is 11.5. The number of carbonyl (C=O) groups is 1. The molecule has 102 valence electrons. The van der Waals surface area contributed by atoms with Crippen LogP contribution in [-0.2, 0) is 16.0 Å². The smallest absolute Gasteiger partial charge is 0.315 e. The van der Waals surface area contributed by atoms with Gasteiger partial charge in [0.05, 0.1) is 13.1 Å². The zero-order chi connectivity index (χ0) is 13.2. The highest BCUT2D eigenvalue weighted by Crippen LogP contribution is 2.06. The van der Waals surface area contributed by atoms with Crippen LogP contribution < -0.4 is 10.6 Å². The number of ether oxygens (including phenoxy) is 2. The highest BCUT2D eigenvalue weighted by atomic mass is 32.1. The molecule has 5 nitrogen and oxygen atoms in total. The number of thiophene rings is 1. The average molecular weight is 272 g/mol. The molecule has 18 heavy (non-hydrogen) atoms. The summed E-state index contributed by atoms with van der Waals surface area (Å²) in [7, 11) is 0. The van der Waals surface area contributed by atoms with E-state index in [-0.39, 0.29) is 12.3 Å². The third kappa shape index (κ3) is 6.00. The van der Waals surface area contributed by atoms with E-state index in [9.17, 15) is 4.79 Å². The summed E-state index contributed by atoms with van der Waals surface area (Å²) in [5.74, 6) is 0. The topological polar surface area (TPSA) is 59.6 Å². The largest absolute Gasteiger partial charge is 0.351 e. The van der Waals surface area contributed by atoms with Gasteiger partial charge in [-0.2, -0.15) is 0 Å². The first-order valence-corrected chi connectivity index (χ1v) is 6.91. The molecule has 0 saturated heterocycles. The normalized spacial score (nSPS) is 10.6. The summed E-state index contributed by atoms with van der Waals surface area (Å²) in [6.07, 6.45) is -0.382. The van der Waals surface area contributed by atoms with E-state index in [1.807, 2.05) is 31.4 Å². The van der Waals surface area contributed by atoms with E-state index in [2.05, 4.69) is 10.6 Å². The van der Waals surface area contributed by atoms with Crippen LogP contribution in [0.5, 0.6) is 0 Å². The number of urea groups is 1. The van der Waals surface area contributed by atoms with E-state index in [1.54, 1.807) is 11.3 Å². The molecule has 0 bridgehead atoms. The SMILES string of the molecule is CCOC(CNC(=O)NCc1cccs1)OCC. The van der Waals surface area contributed by atoms with Crippen molar-refractivity contribution >= 4 is 17.4 Å². The van der Waals surface area contributed by atoms with Gasteiger partial charge < -0.3 is 20.1 Å². The van der Waals surface area contributed by atoms with Gasteiger partial charge >= 0.3 is 6.03 Å². The summed E-state index contributed by atoms with van der Waals surface area (Å²) in [6.45, 7) is 5.79. The maximum Gasteiger partial charge on any atom is 0.315 e. The zero-order valence-electron chi connectivity index (χ0n) is 10.8. The Hall–Kier alpha value is -1.11. The van der Waals surface area contributed by atoms with Gasteiger partial charge in [0.2, 0.25) is 0 Å². The molecule has 1 aromatic rings. The third-order valence-corrected chi connectivity index (χ3v) is 3.01. The molecule has 1 aromatic heterocycles. The van der Waals surface area contributed by atoms with Crippen molar-refractivity contribution in [2.45, 2.75) is 26.7 Å². The lowest BCUT2D eigenvalue weighted by Gasteiger charge is -2.17. The fourth-order valence-electron chi connectivity index (χ4n) is 1.36. The number of amides is 2. The van der Waals surface area contributed by atoms with E-state index in [1.165, 1.54) is 0 Å². The number of carbonyl (C=O) groups excluding carboxylic acids is 1. The molecule has 0 aromatic carbocycles. The third-order valence-electron chi connectivity index (χ3n) is 2.14. The average Bonchev–Trinajstić information content (AvgIpc) is 2.87. The van der Waals surface area contributed by atoms with Gasteiger partial charge in [-0.3, -0.25) is 0 Å². The molecule has 0 saturated carbocycles. The first kappa shape index (κ1) is 14.9. The summed E-state index contributed by atoms with van der Waals surface area (Å²) in [4.78, 5) is 12.6. The Kier molecular flexibility index (Phi) is 7.40. The fraction of sp³-hybridized carbons (Fsp3) is 0.583. The van der Waals surface area contributed by atoms with Crippen molar-refractivity contribution in [3.63, 3.8) is 0 Å². The lowest BCUT2D eigenvalue weighted by Crippen LogP contribution is -2.41. The van der Waals surface area contributed by atoms with Crippen molar-refractivity contribution in [1.82, 2.24) is 10.6 Å². The molecule has 0 atom stereocenters. The molecule has 2 amide bonds. The standard InChI is InChI=1S/C12H20N2O3S/c1-3-16-11(17-4-2)9-14-12(15)13-8-10-6-5-7-18-10/h5-7,11H,3-4,8-9H2,1-2H3,(H2,13,14,15). The molecule has 0 aliphatic heterocycles. The molecule has 0 spiro atoms. The first-order chi connectivity index (χ1) is 8.76. The van der Waals surface area contributed by atoms with E-state index >= 15 is 0 Å². The Labute approximate surface area is 111 Å². The molecule has 6 heteroatoms. The van der Waals surface area contributed by atoms with Gasteiger partial charge in [-0.15, -0.1) is 11.3 Å². The molecule has 0 fully saturated rings. The van der Waals surface area contributed by atoms with Crippen LogP contribution in [0.15, 0.2) is 17.5 Å². The summed E-state index contributed by atoms with van der Waals surface area (Å²) in [5.41, 5.74) is 0. The highest BCUT2D eigenvalue weighted by Gasteiger charge is 2.09. The van der Waals surface area contributed by atoms with E-state index in [0.29, 0.717) is 26.3 Å². The van der Waals surface area contributed by atoms with Crippen LogP contribution in [0.1, 0.15) is 18.7 Å². The molecule has 2 N–H and O–H groups in total. The number of hydrogen-bond acceptors (Lipinski definition) is 4. The number of hydrogen-bond donors (Lipinski definition) is 2. The van der Waals surface area contributed by atoms with Crippen molar-refractivity contribution in [2.75, 3.05) is 19.8 Å². The lowest BCUT2D eigenvalue weighted by atomic mass is 10.5. The Morgan fingerprint density at radius 1 is 1.33 bits per heavy atom. The van der Waals surface area contributed by atoms with Crippen LogP contribution in [0.2, 0.25) is 0 Å². The van der Waals surface area contributed by atoms with E-state index < -0.39 is 0 Å². The van der Waals surface area contributed by atoms with E-state index in [4.69, 9.17) is 9.47 Å². The van der Waals surface area contributed by atoms with Crippen LogP contribution in [0, 0.1) is 0 Å². The summed E-state index contributed by atoms with van der Waals surface area (Å²) >= 11 is 1.61. The highest BCUT2D eigenvalue weighted by molar-refractivity contribution is 7.09. The number of rotatable bonds is 8. The molecule has 0 aliphatic rings. The van der Waals surface area contributed by atoms with Gasteiger partial charge in [-0.05, 0) is 25.3 Å². The van der Waals surface area contributed by atoms with Crippen molar-refractivity contribution in [1.29, 1.82) is 0 Å². The van der Waals surface area contributed by atoms with Crippen molar-refractivity contribution in [3.05, 3.63) is 22.4 Å².